The number of carbonyl (C=O) groups excluding carboxylic acids is 4. The van der Waals surface area contributed by atoms with Gasteiger partial charge in [0.05, 0.1) is 21.5 Å². The van der Waals surface area contributed by atoms with E-state index >= 15 is 0 Å². The second kappa shape index (κ2) is 10.9. The van der Waals surface area contributed by atoms with E-state index in [4.69, 9.17) is 16.3 Å². The molecule has 1 aliphatic heterocycles. The van der Waals surface area contributed by atoms with Crippen molar-refractivity contribution in [3.05, 3.63) is 61.9 Å². The molecular formula is C22H18BrClN2O6S. The van der Waals surface area contributed by atoms with Gasteiger partial charge in [0.15, 0.2) is 12.4 Å². The number of methoxy groups -OCH3 is 1. The van der Waals surface area contributed by atoms with Crippen molar-refractivity contribution in [2.75, 3.05) is 25.6 Å². The van der Waals surface area contributed by atoms with E-state index in [0.717, 1.165) is 22.2 Å². The fourth-order valence-corrected chi connectivity index (χ4v) is 4.59. The molecule has 0 spiro atoms. The van der Waals surface area contributed by atoms with Gasteiger partial charge in [0.2, 0.25) is 5.91 Å². The molecule has 0 aliphatic carbocycles. The fourth-order valence-electron chi connectivity index (χ4n) is 2.76. The number of amides is 3. The fraction of sp³-hybridized carbons (Fsp3) is 0.182. The van der Waals surface area contributed by atoms with Crippen molar-refractivity contribution in [3.63, 3.8) is 0 Å². The number of aryl methyl sites for hydroxylation is 1. The van der Waals surface area contributed by atoms with Gasteiger partial charge in [-0.2, -0.15) is 0 Å². The van der Waals surface area contributed by atoms with Crippen molar-refractivity contribution in [1.29, 1.82) is 0 Å². The van der Waals surface area contributed by atoms with E-state index in [2.05, 4.69) is 26.0 Å². The van der Waals surface area contributed by atoms with Gasteiger partial charge < -0.3 is 14.8 Å². The Morgan fingerprint density at radius 2 is 1.91 bits per heavy atom. The average Bonchev–Trinajstić information content (AvgIpc) is 3.01. The Hall–Kier alpha value is -2.82. The maximum atomic E-state index is 12.7. The number of hydrogen-bond acceptors (Lipinski definition) is 7. The molecule has 0 atom stereocenters. The van der Waals surface area contributed by atoms with Gasteiger partial charge in [0, 0.05) is 5.69 Å². The highest BCUT2D eigenvalue weighted by Gasteiger charge is 2.36. The SMILES string of the molecule is COC(=O)COc1c(Cl)cc(/C=C2\SC(=O)N(CC(=O)Nc3ccc(C)cc3)C2=O)cc1Br. The first-order valence-electron chi connectivity index (χ1n) is 9.48. The number of nitrogens with one attached hydrogen (secondary N) is 1. The molecule has 172 valence electrons. The minimum absolute atomic E-state index is 0.148. The number of anilines is 1. The van der Waals surface area contributed by atoms with Crippen LogP contribution in [0.1, 0.15) is 11.1 Å². The van der Waals surface area contributed by atoms with Gasteiger partial charge in [0.25, 0.3) is 11.1 Å². The summed E-state index contributed by atoms with van der Waals surface area (Å²) in [4.78, 5) is 49.7. The Morgan fingerprint density at radius 3 is 2.55 bits per heavy atom. The van der Waals surface area contributed by atoms with Gasteiger partial charge in [-0.15, -0.1) is 0 Å². The van der Waals surface area contributed by atoms with Gasteiger partial charge >= 0.3 is 5.97 Å². The second-order valence-electron chi connectivity index (χ2n) is 6.86. The summed E-state index contributed by atoms with van der Waals surface area (Å²) in [5.41, 5.74) is 2.13. The van der Waals surface area contributed by atoms with Gasteiger partial charge in [-0.05, 0) is 70.5 Å². The Bertz CT molecular complexity index is 1130. The standard InChI is InChI=1S/C22H18BrClN2O6S/c1-12-3-5-14(6-4-12)25-18(27)10-26-21(29)17(33-22(26)30)9-13-7-15(23)20(16(24)8-13)32-11-19(28)31-2/h3-9H,10-11H2,1-2H3,(H,25,27)/b17-9-. The zero-order chi connectivity index (χ0) is 24.1. The van der Waals surface area contributed by atoms with Crippen LogP contribution >= 0.6 is 39.3 Å². The predicted octanol–water partition coefficient (Wildman–Crippen LogP) is 4.64. The lowest BCUT2D eigenvalue weighted by molar-refractivity contribution is -0.142. The van der Waals surface area contributed by atoms with Crippen LogP contribution in [0.3, 0.4) is 0 Å². The molecule has 3 amide bonds. The van der Waals surface area contributed by atoms with E-state index in [1.54, 1.807) is 18.2 Å². The third kappa shape index (κ3) is 6.37. The third-order valence-corrected chi connectivity index (χ3v) is 6.17. The maximum absolute atomic E-state index is 12.7. The van der Waals surface area contributed by atoms with Crippen LogP contribution in [0.15, 0.2) is 45.8 Å². The lowest BCUT2D eigenvalue weighted by Crippen LogP contribution is -2.36. The molecular weight excluding hydrogens is 536 g/mol. The normalized spacial score (nSPS) is 14.5. The van der Waals surface area contributed by atoms with Crippen LogP contribution in [-0.4, -0.2) is 48.2 Å². The van der Waals surface area contributed by atoms with Crippen LogP contribution < -0.4 is 10.1 Å². The number of imide groups is 1. The first kappa shape index (κ1) is 24.8. The van der Waals surface area contributed by atoms with Crippen LogP contribution in [0.2, 0.25) is 5.02 Å². The summed E-state index contributed by atoms with van der Waals surface area (Å²) in [5.74, 6) is -1.40. The summed E-state index contributed by atoms with van der Waals surface area (Å²) in [7, 11) is 1.24. The summed E-state index contributed by atoms with van der Waals surface area (Å²) in [5, 5.41) is 2.31. The highest BCUT2D eigenvalue weighted by Crippen LogP contribution is 2.37. The number of hydrogen-bond donors (Lipinski definition) is 1. The van der Waals surface area contributed by atoms with E-state index in [1.807, 2.05) is 19.1 Å². The zero-order valence-electron chi connectivity index (χ0n) is 17.5. The molecule has 1 aliphatic rings. The first-order chi connectivity index (χ1) is 15.7. The van der Waals surface area contributed by atoms with Crippen LogP contribution in [0.25, 0.3) is 6.08 Å². The molecule has 0 unspecified atom stereocenters. The number of rotatable bonds is 7. The monoisotopic (exact) mass is 552 g/mol. The highest BCUT2D eigenvalue weighted by molar-refractivity contribution is 9.10. The molecule has 11 heteroatoms. The lowest BCUT2D eigenvalue weighted by Gasteiger charge is -2.12. The zero-order valence-corrected chi connectivity index (χ0v) is 20.7. The number of nitrogens with zero attached hydrogens (tertiary/aromatic N) is 1. The molecule has 1 heterocycles. The van der Waals surface area contributed by atoms with Gasteiger partial charge in [0.1, 0.15) is 6.54 Å². The molecule has 33 heavy (non-hydrogen) atoms. The molecule has 0 saturated carbocycles. The molecule has 1 N–H and O–H groups in total. The number of carbonyl (C=O) groups is 4. The Balaban J connectivity index is 1.70. The van der Waals surface area contributed by atoms with Crippen LogP contribution in [0.4, 0.5) is 10.5 Å². The van der Waals surface area contributed by atoms with Gasteiger partial charge in [-0.3, -0.25) is 19.3 Å². The molecule has 3 rings (SSSR count). The number of halogens is 2. The molecule has 1 saturated heterocycles. The number of ether oxygens (including phenoxy) is 2. The minimum atomic E-state index is -0.581. The summed E-state index contributed by atoms with van der Waals surface area (Å²) < 4.78 is 10.3. The predicted molar refractivity (Wildman–Crippen MR) is 129 cm³/mol. The van der Waals surface area contributed by atoms with Crippen molar-refractivity contribution in [3.8, 4) is 5.75 Å². The van der Waals surface area contributed by atoms with Crippen LogP contribution in [0, 0.1) is 6.92 Å². The Kier molecular flexibility index (Phi) is 8.17. The molecule has 0 aromatic heterocycles. The maximum Gasteiger partial charge on any atom is 0.343 e. The molecule has 1 fully saturated rings. The van der Waals surface area contributed by atoms with Gasteiger partial charge in [-0.25, -0.2) is 4.79 Å². The summed E-state index contributed by atoms with van der Waals surface area (Å²) in [6, 6.07) is 10.3. The van der Waals surface area contributed by atoms with E-state index in [1.165, 1.54) is 19.3 Å². The van der Waals surface area contributed by atoms with Crippen LogP contribution in [-0.2, 0) is 19.1 Å². The van der Waals surface area contributed by atoms with Crippen molar-refractivity contribution >= 4 is 74.1 Å². The minimum Gasteiger partial charge on any atom is -0.479 e. The van der Waals surface area contributed by atoms with E-state index in [9.17, 15) is 19.2 Å². The Morgan fingerprint density at radius 1 is 1.21 bits per heavy atom. The largest absolute Gasteiger partial charge is 0.479 e. The average molecular weight is 554 g/mol. The first-order valence-corrected chi connectivity index (χ1v) is 11.5. The van der Waals surface area contributed by atoms with E-state index < -0.39 is 29.6 Å². The topological polar surface area (TPSA) is 102 Å². The quantitative estimate of drug-likeness (QED) is 0.394. The number of benzene rings is 2. The second-order valence-corrected chi connectivity index (χ2v) is 9.12. The molecule has 2 aromatic rings. The number of esters is 1. The van der Waals surface area contributed by atoms with E-state index in [-0.39, 0.29) is 22.3 Å². The van der Waals surface area contributed by atoms with Crippen molar-refractivity contribution < 1.29 is 28.7 Å². The molecule has 0 bridgehead atoms. The number of thioether (sulfide) groups is 1. The highest BCUT2D eigenvalue weighted by atomic mass is 79.9. The molecule has 0 radical (unpaired) electrons. The molecule has 8 nitrogen and oxygen atoms in total. The lowest BCUT2D eigenvalue weighted by atomic mass is 10.2. The van der Waals surface area contributed by atoms with Gasteiger partial charge in [-0.1, -0.05) is 29.3 Å². The van der Waals surface area contributed by atoms with Crippen molar-refractivity contribution in [2.45, 2.75) is 6.92 Å². The third-order valence-electron chi connectivity index (χ3n) is 4.39. The Labute approximate surface area is 207 Å². The summed E-state index contributed by atoms with van der Waals surface area (Å²) in [6.45, 7) is 1.20. The van der Waals surface area contributed by atoms with Crippen molar-refractivity contribution in [1.82, 2.24) is 4.90 Å². The van der Waals surface area contributed by atoms with Crippen LogP contribution in [0.5, 0.6) is 5.75 Å². The summed E-state index contributed by atoms with van der Waals surface area (Å²) >= 11 is 10.3. The molecule has 2 aromatic carbocycles. The van der Waals surface area contributed by atoms with E-state index in [0.29, 0.717) is 15.7 Å². The summed E-state index contributed by atoms with van der Waals surface area (Å²) in [6.07, 6.45) is 1.49. The van der Waals surface area contributed by atoms with Crippen molar-refractivity contribution in [2.24, 2.45) is 0 Å². The smallest absolute Gasteiger partial charge is 0.343 e.